The smallest absolute Gasteiger partial charge is 0.256 e. The summed E-state index contributed by atoms with van der Waals surface area (Å²) >= 11 is 0. The predicted molar refractivity (Wildman–Crippen MR) is 383 cm³/mol. The number of ether oxygens (including phenoxy) is 2. The minimum atomic E-state index is -0.263. The van der Waals surface area contributed by atoms with Gasteiger partial charge in [-0.05, 0) is 122 Å². The van der Waals surface area contributed by atoms with E-state index in [2.05, 4.69) is 334 Å². The molecule has 0 saturated carbocycles. The van der Waals surface area contributed by atoms with Gasteiger partial charge in [-0.1, -0.05) is 243 Å². The van der Waals surface area contributed by atoms with Crippen molar-refractivity contribution in [3.05, 3.63) is 315 Å². The Hall–Kier alpha value is -12.0. The summed E-state index contributed by atoms with van der Waals surface area (Å²) in [5.41, 5.74) is 26.5. The maximum absolute atomic E-state index is 7.67. The number of para-hydroxylation sites is 8. The molecule has 2 aromatic heterocycles. The number of rotatable bonds is 7. The lowest BCUT2D eigenvalue weighted by Crippen LogP contribution is -2.63. The maximum Gasteiger partial charge on any atom is 0.256 e. The first-order valence-electron chi connectivity index (χ1n) is 31.7. The van der Waals surface area contributed by atoms with E-state index in [1.54, 1.807) is 0 Å². The van der Waals surface area contributed by atoms with Crippen molar-refractivity contribution >= 4 is 124 Å². The van der Waals surface area contributed by atoms with E-state index in [-0.39, 0.29) is 13.4 Å². The lowest BCUT2D eigenvalue weighted by atomic mass is 9.30. The molecule has 4 aliphatic rings. The molecule has 92 heavy (non-hydrogen) atoms. The molecular formula is C84H52B2N4O2. The van der Waals surface area contributed by atoms with E-state index < -0.39 is 0 Å². The molecule has 0 amide bonds. The molecule has 0 N–H and O–H groups in total. The second-order valence-electron chi connectivity index (χ2n) is 24.5. The number of hydrogen-bond donors (Lipinski definition) is 0. The third kappa shape index (κ3) is 7.23. The fraction of sp³-hybridized carbons (Fsp3) is 0. The van der Waals surface area contributed by atoms with Crippen molar-refractivity contribution < 1.29 is 9.47 Å². The van der Waals surface area contributed by atoms with Crippen molar-refractivity contribution in [2.24, 2.45) is 0 Å². The van der Waals surface area contributed by atoms with Crippen molar-refractivity contribution in [2.75, 3.05) is 9.80 Å². The molecule has 16 aromatic rings. The summed E-state index contributed by atoms with van der Waals surface area (Å²) in [6.07, 6.45) is 0. The maximum atomic E-state index is 7.67. The monoisotopic (exact) mass is 1170 g/mol. The van der Waals surface area contributed by atoms with Gasteiger partial charge < -0.3 is 28.4 Å². The van der Waals surface area contributed by atoms with Crippen molar-refractivity contribution in [3.8, 4) is 67.8 Å². The van der Waals surface area contributed by atoms with E-state index in [9.17, 15) is 0 Å². The Balaban J connectivity index is 0.986. The number of anilines is 6. The van der Waals surface area contributed by atoms with Crippen LogP contribution in [0.5, 0.6) is 23.0 Å². The quantitative estimate of drug-likeness (QED) is 0.149. The zero-order valence-electron chi connectivity index (χ0n) is 49.8. The van der Waals surface area contributed by atoms with Gasteiger partial charge in [0.1, 0.15) is 23.0 Å². The van der Waals surface area contributed by atoms with E-state index in [1.807, 2.05) is 0 Å². The van der Waals surface area contributed by atoms with Gasteiger partial charge in [0.25, 0.3) is 13.4 Å². The van der Waals surface area contributed by atoms with E-state index >= 15 is 0 Å². The highest BCUT2D eigenvalue weighted by atomic mass is 16.5. The van der Waals surface area contributed by atoms with Crippen LogP contribution >= 0.6 is 0 Å². The molecule has 0 aliphatic carbocycles. The molecule has 0 unspecified atom stereocenters. The SMILES string of the molecule is c1ccc(-c2ccccc2N2c3cc4c(cc3B3c5ccccc5Oc5c3c2cc2c5c3ccccc3n2-c2ccccc2)B2c3ccccc3Oc3c2c(cc2c3c3ccccc3n2-c2ccccc2)N4c2c(-c3ccccc3)cccc2-c2ccccc2)cc1. The number of nitrogens with zero attached hydrogens (tertiary/aromatic N) is 4. The molecule has 0 fully saturated rings. The average Bonchev–Trinajstić information content (AvgIpc) is 1.09. The van der Waals surface area contributed by atoms with Crippen LogP contribution in [0, 0.1) is 0 Å². The lowest BCUT2D eigenvalue weighted by molar-refractivity contribution is 0.493. The Morgan fingerprint density at radius 2 is 0.652 bits per heavy atom. The third-order valence-electron chi connectivity index (χ3n) is 19.8. The van der Waals surface area contributed by atoms with Gasteiger partial charge in [0, 0.05) is 61.6 Å². The number of aromatic nitrogens is 2. The highest BCUT2D eigenvalue weighted by Gasteiger charge is 2.49. The van der Waals surface area contributed by atoms with E-state index in [4.69, 9.17) is 9.47 Å². The fourth-order valence-corrected chi connectivity index (χ4v) is 16.1. The summed E-state index contributed by atoms with van der Waals surface area (Å²) in [5, 5.41) is 4.45. The first-order chi connectivity index (χ1) is 45.7. The molecule has 0 saturated heterocycles. The molecule has 426 valence electrons. The Kier molecular flexibility index (Phi) is 10.9. The Labute approximate surface area is 532 Å². The van der Waals surface area contributed by atoms with Crippen LogP contribution < -0.4 is 52.1 Å². The zero-order valence-corrected chi connectivity index (χ0v) is 49.8. The van der Waals surface area contributed by atoms with Gasteiger partial charge >= 0.3 is 0 Å². The zero-order chi connectivity index (χ0) is 60.1. The Morgan fingerprint density at radius 1 is 0.261 bits per heavy atom. The highest BCUT2D eigenvalue weighted by molar-refractivity contribution is 7.02. The molecule has 14 aromatic carbocycles. The number of fused-ring (bicyclic) bond motifs is 16. The summed E-state index contributed by atoms with van der Waals surface area (Å²) in [7, 11) is 0. The number of benzene rings is 14. The van der Waals surface area contributed by atoms with Crippen LogP contribution in [0.15, 0.2) is 315 Å². The summed E-state index contributed by atoms with van der Waals surface area (Å²) in [5.74, 6) is 3.46. The molecule has 6 nitrogen and oxygen atoms in total. The molecule has 8 heteroatoms. The van der Waals surface area contributed by atoms with Crippen LogP contribution in [-0.4, -0.2) is 22.6 Å². The van der Waals surface area contributed by atoms with Gasteiger partial charge in [-0.3, -0.25) is 0 Å². The highest BCUT2D eigenvalue weighted by Crippen LogP contribution is 2.55. The van der Waals surface area contributed by atoms with Crippen LogP contribution in [0.25, 0.3) is 88.4 Å². The van der Waals surface area contributed by atoms with Gasteiger partial charge in [-0.2, -0.15) is 0 Å². The molecule has 0 bridgehead atoms. The second-order valence-corrected chi connectivity index (χ2v) is 24.5. The molecule has 20 rings (SSSR count). The molecular weight excluding hydrogens is 1120 g/mol. The van der Waals surface area contributed by atoms with Gasteiger partial charge in [0.05, 0.1) is 44.2 Å². The first kappa shape index (κ1) is 51.0. The van der Waals surface area contributed by atoms with Crippen LogP contribution in [0.1, 0.15) is 0 Å². The summed E-state index contributed by atoms with van der Waals surface area (Å²) in [6, 6.07) is 116. The van der Waals surface area contributed by atoms with Crippen LogP contribution in [0.4, 0.5) is 34.1 Å². The van der Waals surface area contributed by atoms with Gasteiger partial charge in [0.2, 0.25) is 0 Å². The van der Waals surface area contributed by atoms with Crippen LogP contribution in [-0.2, 0) is 0 Å². The number of hydrogen-bond acceptors (Lipinski definition) is 4. The second kappa shape index (κ2) is 19.8. The summed E-state index contributed by atoms with van der Waals surface area (Å²) < 4.78 is 20.2. The largest absolute Gasteiger partial charge is 0.458 e. The van der Waals surface area contributed by atoms with Crippen molar-refractivity contribution in [1.29, 1.82) is 0 Å². The van der Waals surface area contributed by atoms with Gasteiger partial charge in [0.15, 0.2) is 0 Å². The van der Waals surface area contributed by atoms with Gasteiger partial charge in [-0.25, -0.2) is 0 Å². The third-order valence-corrected chi connectivity index (χ3v) is 19.8. The van der Waals surface area contributed by atoms with Crippen molar-refractivity contribution in [3.63, 3.8) is 0 Å². The normalized spacial score (nSPS) is 13.1. The molecule has 4 aliphatic heterocycles. The first-order valence-corrected chi connectivity index (χ1v) is 31.7. The fourth-order valence-electron chi connectivity index (χ4n) is 16.1. The summed E-state index contributed by atoms with van der Waals surface area (Å²) in [6.45, 7) is -0.512. The van der Waals surface area contributed by atoms with Crippen molar-refractivity contribution in [1.82, 2.24) is 9.13 Å². The standard InChI is InChI=1S/C84H52B2N4O2/c1-6-27-53(28-7-1)58-37-16-21-44-67(58)89-70-50-71-66(49-65(70)85-63-42-19-24-47-76(63)91-83-78-61-38-17-22-45-68(61)87(56-33-12-4-13-34-56)72(78)51-74(89)80(83)85)86-64-43-20-25-48-77(64)92-84-79-62-39-18-23-46-69(62)88(57-35-14-5-15-36-57)73(79)52-75(81(84)86)90(71)82-59(54-29-8-2-9-30-54)40-26-41-60(82)55-31-10-3-11-32-55/h1-52H. The minimum Gasteiger partial charge on any atom is -0.458 e. The lowest BCUT2D eigenvalue weighted by Gasteiger charge is -2.45. The molecule has 0 spiro atoms. The van der Waals surface area contributed by atoms with E-state index in [1.165, 1.54) is 10.9 Å². The Bertz CT molecular complexity index is 5680. The molecule has 0 radical (unpaired) electrons. The van der Waals surface area contributed by atoms with Crippen LogP contribution in [0.2, 0.25) is 0 Å². The molecule has 0 atom stereocenters. The average molecular weight is 1170 g/mol. The van der Waals surface area contributed by atoms with E-state index in [0.29, 0.717) is 0 Å². The molecule has 6 heterocycles. The van der Waals surface area contributed by atoms with E-state index in [0.717, 1.165) is 167 Å². The topological polar surface area (TPSA) is 34.8 Å². The Morgan fingerprint density at radius 3 is 1.16 bits per heavy atom. The minimum absolute atomic E-state index is 0.249. The van der Waals surface area contributed by atoms with Crippen molar-refractivity contribution in [2.45, 2.75) is 0 Å². The summed E-state index contributed by atoms with van der Waals surface area (Å²) in [4.78, 5) is 5.22. The van der Waals surface area contributed by atoms with Crippen LogP contribution in [0.3, 0.4) is 0 Å². The predicted octanol–water partition coefficient (Wildman–Crippen LogP) is 17.7. The van der Waals surface area contributed by atoms with Gasteiger partial charge in [-0.15, -0.1) is 0 Å².